The Balaban J connectivity index is 2.46. The maximum absolute atomic E-state index is 8.86. The van der Waals surface area contributed by atoms with Crippen molar-refractivity contribution in [2.75, 3.05) is 6.54 Å². The summed E-state index contributed by atoms with van der Waals surface area (Å²) in [5.41, 5.74) is 2.30. The van der Waals surface area contributed by atoms with E-state index in [-0.39, 0.29) is 5.41 Å². The monoisotopic (exact) mass is 202 g/mol. The minimum Gasteiger partial charge on any atom is -0.311 e. The van der Waals surface area contributed by atoms with Crippen molar-refractivity contribution in [3.05, 3.63) is 35.4 Å². The quantitative estimate of drug-likeness (QED) is 0.814. The molecule has 0 aliphatic carbocycles. The molecule has 80 valence electrons. The summed E-state index contributed by atoms with van der Waals surface area (Å²) in [5.74, 6) is 0. The summed E-state index contributed by atoms with van der Waals surface area (Å²) in [4.78, 5) is 0. The number of rotatable bonds is 4. The highest BCUT2D eigenvalue weighted by atomic mass is 14.9. The van der Waals surface area contributed by atoms with Gasteiger partial charge in [0.2, 0.25) is 0 Å². The van der Waals surface area contributed by atoms with Crippen LogP contribution in [-0.2, 0) is 6.54 Å². The van der Waals surface area contributed by atoms with Crippen LogP contribution in [0.1, 0.15) is 25.0 Å². The number of benzene rings is 1. The van der Waals surface area contributed by atoms with Crippen LogP contribution in [-0.4, -0.2) is 6.54 Å². The number of nitriles is 1. The fourth-order valence-electron chi connectivity index (χ4n) is 1.36. The smallest absolute Gasteiger partial charge is 0.0697 e. The van der Waals surface area contributed by atoms with Crippen LogP contribution in [0.5, 0.6) is 0 Å². The second kappa shape index (κ2) is 4.95. The zero-order valence-electron chi connectivity index (χ0n) is 9.67. The highest BCUT2D eigenvalue weighted by Crippen LogP contribution is 2.12. The highest BCUT2D eigenvalue weighted by Gasteiger charge is 2.15. The molecule has 15 heavy (non-hydrogen) atoms. The lowest BCUT2D eigenvalue weighted by molar-refractivity contribution is 0.445. The van der Waals surface area contributed by atoms with E-state index in [0.29, 0.717) is 0 Å². The molecule has 2 nitrogen and oxygen atoms in total. The van der Waals surface area contributed by atoms with Gasteiger partial charge in [-0.25, -0.2) is 0 Å². The molecule has 2 heteroatoms. The molecule has 0 heterocycles. The average molecular weight is 202 g/mol. The second-order valence-electron chi connectivity index (χ2n) is 4.53. The molecule has 0 bridgehead atoms. The lowest BCUT2D eigenvalue weighted by Crippen LogP contribution is -2.27. The van der Waals surface area contributed by atoms with E-state index in [9.17, 15) is 0 Å². The molecule has 0 saturated heterocycles. The summed E-state index contributed by atoms with van der Waals surface area (Å²) >= 11 is 0. The van der Waals surface area contributed by atoms with E-state index in [2.05, 4.69) is 30.4 Å². The molecule has 0 fully saturated rings. The second-order valence-corrected chi connectivity index (χ2v) is 4.53. The first-order valence-corrected chi connectivity index (χ1v) is 5.22. The van der Waals surface area contributed by atoms with Gasteiger partial charge >= 0.3 is 0 Å². The van der Waals surface area contributed by atoms with Crippen molar-refractivity contribution < 1.29 is 0 Å². The zero-order chi connectivity index (χ0) is 11.3. The van der Waals surface area contributed by atoms with E-state index in [0.717, 1.165) is 13.1 Å². The van der Waals surface area contributed by atoms with E-state index in [1.54, 1.807) is 0 Å². The van der Waals surface area contributed by atoms with Gasteiger partial charge < -0.3 is 5.32 Å². The molecule has 1 aromatic carbocycles. The molecule has 0 saturated carbocycles. The van der Waals surface area contributed by atoms with Gasteiger partial charge in [0.05, 0.1) is 11.5 Å². The average Bonchev–Trinajstić information content (AvgIpc) is 2.21. The summed E-state index contributed by atoms with van der Waals surface area (Å²) in [5, 5.41) is 12.2. The molecular formula is C13H18N2. The lowest BCUT2D eigenvalue weighted by atomic mass is 9.96. The summed E-state index contributed by atoms with van der Waals surface area (Å²) in [7, 11) is 0. The van der Waals surface area contributed by atoms with Crippen LogP contribution in [0, 0.1) is 23.7 Å². The Bertz CT molecular complexity index is 361. The Morgan fingerprint density at radius 2 is 2.00 bits per heavy atom. The number of nitrogens with one attached hydrogen (secondary N) is 1. The lowest BCUT2D eigenvalue weighted by Gasteiger charge is -2.16. The van der Waals surface area contributed by atoms with Crippen LogP contribution in [0.4, 0.5) is 0 Å². The van der Waals surface area contributed by atoms with E-state index in [1.807, 2.05) is 26.0 Å². The topological polar surface area (TPSA) is 35.8 Å². The van der Waals surface area contributed by atoms with Gasteiger partial charge in [-0.2, -0.15) is 5.26 Å². The number of hydrogen-bond acceptors (Lipinski definition) is 2. The highest BCUT2D eigenvalue weighted by molar-refractivity contribution is 5.25. The van der Waals surface area contributed by atoms with Crippen molar-refractivity contribution >= 4 is 0 Å². The fourth-order valence-corrected chi connectivity index (χ4v) is 1.36. The Kier molecular flexibility index (Phi) is 3.88. The summed E-state index contributed by atoms with van der Waals surface area (Å²) in [6, 6.07) is 10.6. The first-order chi connectivity index (χ1) is 7.05. The van der Waals surface area contributed by atoms with Crippen molar-refractivity contribution in [3.8, 4) is 6.07 Å². The van der Waals surface area contributed by atoms with Crippen molar-refractivity contribution in [1.29, 1.82) is 5.26 Å². The molecule has 0 unspecified atom stereocenters. The van der Waals surface area contributed by atoms with E-state index < -0.39 is 0 Å². The van der Waals surface area contributed by atoms with Crippen molar-refractivity contribution in [1.82, 2.24) is 5.32 Å². The Morgan fingerprint density at radius 1 is 1.33 bits per heavy atom. The van der Waals surface area contributed by atoms with Crippen molar-refractivity contribution in [2.45, 2.75) is 27.3 Å². The maximum Gasteiger partial charge on any atom is 0.0697 e. The Hall–Kier alpha value is -1.33. The van der Waals surface area contributed by atoms with Crippen LogP contribution in [0.15, 0.2) is 24.3 Å². The van der Waals surface area contributed by atoms with E-state index >= 15 is 0 Å². The molecule has 0 spiro atoms. The number of nitrogens with zero attached hydrogens (tertiary/aromatic N) is 1. The first kappa shape index (κ1) is 11.7. The SMILES string of the molecule is Cc1ccccc1CNCC(C)(C)C#N. The molecule has 1 rings (SSSR count). The predicted octanol–water partition coefficient (Wildman–Crippen LogP) is 2.63. The zero-order valence-corrected chi connectivity index (χ0v) is 9.67. The van der Waals surface area contributed by atoms with Gasteiger partial charge in [0.25, 0.3) is 0 Å². The number of aryl methyl sites for hydroxylation is 1. The normalized spacial score (nSPS) is 11.1. The van der Waals surface area contributed by atoms with Gasteiger partial charge in [-0.3, -0.25) is 0 Å². The molecule has 1 N–H and O–H groups in total. The van der Waals surface area contributed by atoms with Gasteiger partial charge in [0, 0.05) is 13.1 Å². The minimum absolute atomic E-state index is 0.289. The van der Waals surface area contributed by atoms with E-state index in [4.69, 9.17) is 5.26 Å². The molecule has 0 amide bonds. The van der Waals surface area contributed by atoms with Gasteiger partial charge in [-0.15, -0.1) is 0 Å². The van der Waals surface area contributed by atoms with Gasteiger partial charge in [-0.1, -0.05) is 24.3 Å². The third-order valence-corrected chi connectivity index (χ3v) is 2.45. The van der Waals surface area contributed by atoms with Crippen molar-refractivity contribution in [2.24, 2.45) is 5.41 Å². The van der Waals surface area contributed by atoms with Crippen LogP contribution in [0.25, 0.3) is 0 Å². The largest absolute Gasteiger partial charge is 0.311 e. The van der Waals surface area contributed by atoms with Crippen molar-refractivity contribution in [3.63, 3.8) is 0 Å². The van der Waals surface area contributed by atoms with Crippen LogP contribution in [0.2, 0.25) is 0 Å². The molecule has 0 radical (unpaired) electrons. The Labute approximate surface area is 91.9 Å². The predicted molar refractivity (Wildman–Crippen MR) is 62.3 cm³/mol. The molecule has 0 aromatic heterocycles. The fraction of sp³-hybridized carbons (Fsp3) is 0.462. The first-order valence-electron chi connectivity index (χ1n) is 5.22. The maximum atomic E-state index is 8.86. The third-order valence-electron chi connectivity index (χ3n) is 2.45. The van der Waals surface area contributed by atoms with E-state index in [1.165, 1.54) is 11.1 Å². The molecule has 0 atom stereocenters. The Morgan fingerprint density at radius 3 is 2.60 bits per heavy atom. The molecule has 1 aromatic rings. The van der Waals surface area contributed by atoms with Crippen LogP contribution < -0.4 is 5.32 Å². The van der Waals surface area contributed by atoms with Gasteiger partial charge in [0.15, 0.2) is 0 Å². The standard InChI is InChI=1S/C13H18N2/c1-11-6-4-5-7-12(11)8-15-10-13(2,3)9-14/h4-7,15H,8,10H2,1-3H3. The molecule has 0 aliphatic heterocycles. The van der Waals surface area contributed by atoms with Gasteiger partial charge in [0.1, 0.15) is 0 Å². The number of hydrogen-bond donors (Lipinski definition) is 1. The minimum atomic E-state index is -0.289. The van der Waals surface area contributed by atoms with Crippen LogP contribution >= 0.6 is 0 Å². The molecule has 0 aliphatic rings. The summed E-state index contributed by atoms with van der Waals surface area (Å²) in [6.45, 7) is 7.54. The summed E-state index contributed by atoms with van der Waals surface area (Å²) < 4.78 is 0. The van der Waals surface area contributed by atoms with Crippen LogP contribution in [0.3, 0.4) is 0 Å². The third kappa shape index (κ3) is 3.73. The molecular weight excluding hydrogens is 184 g/mol. The van der Waals surface area contributed by atoms with Gasteiger partial charge in [-0.05, 0) is 31.9 Å². The summed E-state index contributed by atoms with van der Waals surface area (Å²) in [6.07, 6.45) is 0.